The van der Waals surface area contributed by atoms with Gasteiger partial charge in [-0.05, 0) is 25.0 Å². The molecule has 2 N–H and O–H groups in total. The summed E-state index contributed by atoms with van der Waals surface area (Å²) in [4.78, 5) is 34.7. The summed E-state index contributed by atoms with van der Waals surface area (Å²) >= 11 is 1.25. The minimum atomic E-state index is -0.583. The number of hydrogen-bond acceptors (Lipinski definition) is 6. The molecule has 0 saturated carbocycles. The highest BCUT2D eigenvalue weighted by atomic mass is 32.1. The Bertz CT molecular complexity index is 1050. The number of aryl methyl sites for hydroxylation is 1. The first kappa shape index (κ1) is 16.9. The highest BCUT2D eigenvalue weighted by Gasteiger charge is 2.27. The number of nitrogens with zero attached hydrogens (tertiary/aromatic N) is 4. The van der Waals surface area contributed by atoms with Crippen molar-refractivity contribution in [2.75, 3.05) is 6.54 Å². The molecule has 0 fully saturated rings. The molecule has 0 aliphatic carbocycles. The summed E-state index contributed by atoms with van der Waals surface area (Å²) in [6, 6.07) is 1.86. The zero-order valence-corrected chi connectivity index (χ0v) is 15.3. The van der Waals surface area contributed by atoms with Gasteiger partial charge in [0.25, 0.3) is 11.5 Å². The maximum atomic E-state index is 13.0. The van der Waals surface area contributed by atoms with E-state index in [-0.39, 0.29) is 11.5 Å². The summed E-state index contributed by atoms with van der Waals surface area (Å²) in [6.07, 6.45) is 1.37. The molecule has 0 unspecified atom stereocenters. The van der Waals surface area contributed by atoms with Crippen LogP contribution in [0.1, 0.15) is 46.1 Å². The van der Waals surface area contributed by atoms with E-state index in [2.05, 4.69) is 15.1 Å². The Morgan fingerprint density at radius 3 is 3.00 bits per heavy atom. The van der Waals surface area contributed by atoms with Gasteiger partial charge in [0.1, 0.15) is 4.83 Å². The zero-order chi connectivity index (χ0) is 18.4. The third-order valence-electron chi connectivity index (χ3n) is 4.76. The van der Waals surface area contributed by atoms with E-state index >= 15 is 0 Å². The topological polar surface area (TPSA) is 104 Å². The molecule has 9 heteroatoms. The molecular formula is C17H19N5O3S. The van der Waals surface area contributed by atoms with Gasteiger partial charge in [-0.2, -0.15) is 5.10 Å². The molecule has 0 aromatic carbocycles. The number of aromatic amines is 1. The number of nitrogens with one attached hydrogen (secondary N) is 1. The first-order valence-corrected chi connectivity index (χ1v) is 9.32. The van der Waals surface area contributed by atoms with E-state index < -0.39 is 6.10 Å². The summed E-state index contributed by atoms with van der Waals surface area (Å²) in [5.41, 5.74) is 2.00. The minimum Gasteiger partial charge on any atom is -0.387 e. The Kier molecular flexibility index (Phi) is 4.12. The summed E-state index contributed by atoms with van der Waals surface area (Å²) in [6.45, 7) is 5.23. The van der Waals surface area contributed by atoms with Crippen LogP contribution in [0.3, 0.4) is 0 Å². The van der Waals surface area contributed by atoms with Crippen LogP contribution in [0.2, 0.25) is 0 Å². The van der Waals surface area contributed by atoms with E-state index in [0.717, 1.165) is 5.69 Å². The first-order valence-electron chi connectivity index (χ1n) is 8.50. The molecule has 26 heavy (non-hydrogen) atoms. The Hall–Kier alpha value is -2.52. The lowest BCUT2D eigenvalue weighted by Gasteiger charge is -2.27. The molecule has 3 aromatic heterocycles. The summed E-state index contributed by atoms with van der Waals surface area (Å²) in [5.74, 6) is -0.102. The third-order valence-corrected chi connectivity index (χ3v) is 5.95. The maximum absolute atomic E-state index is 13.0. The van der Waals surface area contributed by atoms with E-state index in [1.165, 1.54) is 17.7 Å². The number of rotatable bonds is 3. The predicted molar refractivity (Wildman–Crippen MR) is 97.2 cm³/mol. The normalized spacial score (nSPS) is 15.3. The van der Waals surface area contributed by atoms with Crippen molar-refractivity contribution in [2.24, 2.45) is 0 Å². The molecule has 0 spiro atoms. The number of H-pyrrole nitrogens is 1. The number of amides is 1. The molecule has 1 amide bonds. The van der Waals surface area contributed by atoms with E-state index in [9.17, 15) is 14.7 Å². The molecule has 1 aliphatic rings. The highest BCUT2D eigenvalue weighted by molar-refractivity contribution is 7.20. The number of aliphatic hydroxyl groups excluding tert-OH is 1. The molecule has 8 nitrogen and oxygen atoms in total. The quantitative estimate of drug-likeness (QED) is 0.725. The van der Waals surface area contributed by atoms with E-state index in [1.807, 2.05) is 17.7 Å². The third kappa shape index (κ3) is 2.63. The standard InChI is InChI=1S/C17H19N5O3S/c1-3-12(23)11-6-10-7-21(4-5-22(10)20-11)17(25)14-9(2)13-15(24)18-8-19-16(13)26-14/h6,8,12,23H,3-5,7H2,1-2H3,(H,18,19,24)/t12-/m1/s1. The van der Waals surface area contributed by atoms with Gasteiger partial charge in [-0.25, -0.2) is 4.98 Å². The van der Waals surface area contributed by atoms with E-state index in [0.29, 0.717) is 52.4 Å². The summed E-state index contributed by atoms with van der Waals surface area (Å²) in [7, 11) is 0. The fourth-order valence-corrected chi connectivity index (χ4v) is 4.38. The van der Waals surface area contributed by atoms with Crippen LogP contribution in [0.4, 0.5) is 0 Å². The van der Waals surface area contributed by atoms with Crippen LogP contribution in [0.25, 0.3) is 10.2 Å². The van der Waals surface area contributed by atoms with Crippen molar-refractivity contribution < 1.29 is 9.90 Å². The van der Waals surface area contributed by atoms with Crippen LogP contribution in [0.5, 0.6) is 0 Å². The highest BCUT2D eigenvalue weighted by Crippen LogP contribution is 2.29. The Morgan fingerprint density at radius 1 is 1.46 bits per heavy atom. The minimum absolute atomic E-state index is 0.102. The van der Waals surface area contributed by atoms with Gasteiger partial charge >= 0.3 is 0 Å². The van der Waals surface area contributed by atoms with Crippen molar-refractivity contribution in [3.05, 3.63) is 44.6 Å². The van der Waals surface area contributed by atoms with Gasteiger partial charge < -0.3 is 15.0 Å². The van der Waals surface area contributed by atoms with E-state index in [4.69, 9.17) is 0 Å². The zero-order valence-electron chi connectivity index (χ0n) is 14.5. The Balaban J connectivity index is 1.64. The molecule has 3 aromatic rings. The lowest BCUT2D eigenvalue weighted by atomic mass is 10.1. The number of aromatic nitrogens is 4. The van der Waals surface area contributed by atoms with Crippen molar-refractivity contribution in [3.8, 4) is 0 Å². The number of thiophene rings is 1. The second-order valence-electron chi connectivity index (χ2n) is 6.40. The first-order chi connectivity index (χ1) is 12.5. The SMILES string of the molecule is CC[C@@H](O)c1cc2n(n1)CCN(C(=O)c1sc3nc[nH]c(=O)c3c1C)C2. The fraction of sp³-hybridized carbons (Fsp3) is 0.412. The number of aliphatic hydroxyl groups is 1. The van der Waals surface area contributed by atoms with Crippen LogP contribution < -0.4 is 5.56 Å². The van der Waals surface area contributed by atoms with Gasteiger partial charge in [-0.1, -0.05) is 6.92 Å². The predicted octanol–water partition coefficient (Wildman–Crippen LogP) is 1.59. The van der Waals surface area contributed by atoms with Gasteiger partial charge in [-0.15, -0.1) is 11.3 Å². The average molecular weight is 373 g/mol. The van der Waals surface area contributed by atoms with Crippen molar-refractivity contribution in [3.63, 3.8) is 0 Å². The van der Waals surface area contributed by atoms with Gasteiger partial charge in [0.2, 0.25) is 0 Å². The summed E-state index contributed by atoms with van der Waals surface area (Å²) in [5, 5.41) is 14.9. The lowest BCUT2D eigenvalue weighted by molar-refractivity contribution is 0.0710. The van der Waals surface area contributed by atoms with Crippen molar-refractivity contribution >= 4 is 27.5 Å². The van der Waals surface area contributed by atoms with Crippen molar-refractivity contribution in [1.29, 1.82) is 0 Å². The molecule has 1 aliphatic heterocycles. The molecule has 4 rings (SSSR count). The van der Waals surface area contributed by atoms with Gasteiger partial charge in [0, 0.05) is 6.54 Å². The number of hydrogen-bond donors (Lipinski definition) is 2. The van der Waals surface area contributed by atoms with Crippen LogP contribution in [0.15, 0.2) is 17.2 Å². The van der Waals surface area contributed by atoms with Crippen LogP contribution in [-0.2, 0) is 13.1 Å². The molecule has 0 bridgehead atoms. The Labute approximate surface area is 153 Å². The van der Waals surface area contributed by atoms with Crippen LogP contribution in [0, 0.1) is 6.92 Å². The summed E-state index contributed by atoms with van der Waals surface area (Å²) < 4.78 is 1.85. The Morgan fingerprint density at radius 2 is 2.27 bits per heavy atom. The number of fused-ring (bicyclic) bond motifs is 2. The molecule has 0 saturated heterocycles. The molecular weight excluding hydrogens is 354 g/mol. The van der Waals surface area contributed by atoms with Gasteiger partial charge in [0.15, 0.2) is 0 Å². The second kappa shape index (κ2) is 6.33. The smallest absolute Gasteiger partial charge is 0.264 e. The molecule has 4 heterocycles. The monoisotopic (exact) mass is 373 g/mol. The van der Waals surface area contributed by atoms with Crippen LogP contribution in [-0.4, -0.2) is 42.2 Å². The maximum Gasteiger partial charge on any atom is 0.264 e. The molecule has 0 radical (unpaired) electrons. The fourth-order valence-electron chi connectivity index (χ4n) is 3.26. The van der Waals surface area contributed by atoms with E-state index in [1.54, 1.807) is 11.8 Å². The number of carbonyl (C=O) groups excluding carboxylic acids is 1. The molecule has 1 atom stereocenters. The number of carbonyl (C=O) groups is 1. The largest absolute Gasteiger partial charge is 0.387 e. The molecule has 136 valence electrons. The average Bonchev–Trinajstić information content (AvgIpc) is 3.21. The lowest BCUT2D eigenvalue weighted by Crippen LogP contribution is -2.38. The van der Waals surface area contributed by atoms with Gasteiger partial charge in [-0.3, -0.25) is 14.3 Å². The van der Waals surface area contributed by atoms with Crippen LogP contribution >= 0.6 is 11.3 Å². The van der Waals surface area contributed by atoms with Gasteiger partial charge in [0.05, 0.1) is 47.2 Å². The van der Waals surface area contributed by atoms with Crippen molar-refractivity contribution in [1.82, 2.24) is 24.6 Å². The van der Waals surface area contributed by atoms with Crippen molar-refractivity contribution in [2.45, 2.75) is 39.5 Å². The second-order valence-corrected chi connectivity index (χ2v) is 7.40.